The molecule has 6 nitrogen and oxygen atoms in total. The van der Waals surface area contributed by atoms with Crippen LogP contribution in [-0.4, -0.2) is 24.7 Å². The molecule has 0 spiro atoms. The first-order valence-corrected chi connectivity index (χ1v) is 12.4. The first-order chi connectivity index (χ1) is 18.2. The molecule has 1 aliphatic rings. The van der Waals surface area contributed by atoms with Crippen LogP contribution in [0.1, 0.15) is 65.5 Å². The molecule has 0 N–H and O–H groups in total. The average Bonchev–Trinajstić information content (AvgIpc) is 2.90. The molecule has 196 valence electrons. The van der Waals surface area contributed by atoms with Crippen molar-refractivity contribution >= 4 is 0 Å². The van der Waals surface area contributed by atoms with Crippen LogP contribution < -0.4 is 5.56 Å². The molecule has 4 aromatic rings. The van der Waals surface area contributed by atoms with E-state index in [1.54, 1.807) is 18.2 Å². The van der Waals surface area contributed by atoms with E-state index < -0.39 is 23.8 Å². The van der Waals surface area contributed by atoms with E-state index in [4.69, 9.17) is 0 Å². The second-order valence-corrected chi connectivity index (χ2v) is 9.56. The number of hydrogen-bond donors (Lipinski definition) is 0. The van der Waals surface area contributed by atoms with Gasteiger partial charge in [-0.3, -0.25) is 9.78 Å². The molecule has 0 radical (unpaired) electrons. The molecule has 0 bridgehead atoms. The number of halogens is 4. The minimum absolute atomic E-state index is 0.0423. The fourth-order valence-electron chi connectivity index (χ4n) is 5.35. The molecule has 3 aromatic heterocycles. The van der Waals surface area contributed by atoms with Crippen LogP contribution in [0.3, 0.4) is 0 Å². The zero-order valence-corrected chi connectivity index (χ0v) is 20.6. The largest absolute Gasteiger partial charge is 0.418 e. The third-order valence-corrected chi connectivity index (χ3v) is 7.19. The van der Waals surface area contributed by atoms with Gasteiger partial charge in [0, 0.05) is 18.0 Å². The van der Waals surface area contributed by atoms with Gasteiger partial charge >= 0.3 is 6.18 Å². The maximum Gasteiger partial charge on any atom is 0.418 e. The quantitative estimate of drug-likeness (QED) is 0.298. The lowest BCUT2D eigenvalue weighted by Crippen LogP contribution is -2.31. The fourth-order valence-corrected chi connectivity index (χ4v) is 5.35. The third kappa shape index (κ3) is 5.20. The minimum Gasteiger partial charge on any atom is -0.267 e. The Morgan fingerprint density at radius 2 is 1.71 bits per heavy atom. The Hall–Kier alpha value is -3.95. The van der Waals surface area contributed by atoms with Gasteiger partial charge in [-0.2, -0.15) is 18.3 Å². The van der Waals surface area contributed by atoms with Crippen LogP contribution in [0.5, 0.6) is 0 Å². The number of alkyl halides is 3. The lowest BCUT2D eigenvalue weighted by Gasteiger charge is -2.30. The van der Waals surface area contributed by atoms with E-state index in [9.17, 15) is 22.4 Å². The minimum atomic E-state index is -4.62. The maximum atomic E-state index is 14.6. The van der Waals surface area contributed by atoms with Crippen molar-refractivity contribution in [2.45, 2.75) is 57.2 Å². The summed E-state index contributed by atoms with van der Waals surface area (Å²) >= 11 is 0. The predicted octanol–water partition coefficient (Wildman–Crippen LogP) is 6.05. The van der Waals surface area contributed by atoms with E-state index in [-0.39, 0.29) is 23.3 Å². The van der Waals surface area contributed by atoms with Crippen LogP contribution in [0.2, 0.25) is 0 Å². The number of benzene rings is 1. The maximum absolute atomic E-state index is 14.6. The van der Waals surface area contributed by atoms with Crippen molar-refractivity contribution in [1.29, 1.82) is 0 Å². The van der Waals surface area contributed by atoms with E-state index in [0.717, 1.165) is 21.9 Å². The van der Waals surface area contributed by atoms with Crippen molar-refractivity contribution < 1.29 is 17.6 Å². The van der Waals surface area contributed by atoms with Crippen LogP contribution in [0.4, 0.5) is 17.6 Å². The number of rotatable bonds is 5. The fraction of sp³-hybridized carbons (Fsp3) is 0.321. The SMILES string of the molecule is Cc1cccc(F)c1C1CCC(c2cc(-c3ccncn3)nn(Cc3ncccc3C(F)(F)F)c2=O)CC1. The normalized spacial score (nSPS) is 17.9. The molecule has 1 aliphatic carbocycles. The standard InChI is InChI=1S/C28H25F4N5O/c1-17-4-2-6-22(29)26(17)19-9-7-18(8-10-19)20-14-24(23-11-13-33-16-35-23)36-37(27(20)38)15-25-21(28(30,31)32)5-3-12-34-25/h2-6,11-14,16,18-19H,7-10,15H2,1H3. The third-order valence-electron chi connectivity index (χ3n) is 7.19. The molecule has 1 saturated carbocycles. The molecule has 3 heterocycles. The highest BCUT2D eigenvalue weighted by atomic mass is 19.4. The van der Waals surface area contributed by atoms with Crippen molar-refractivity contribution in [2.75, 3.05) is 0 Å². The summed E-state index contributed by atoms with van der Waals surface area (Å²) in [6.07, 6.45) is 2.16. The summed E-state index contributed by atoms with van der Waals surface area (Å²) in [7, 11) is 0. The highest BCUT2D eigenvalue weighted by Gasteiger charge is 2.34. The predicted molar refractivity (Wildman–Crippen MR) is 133 cm³/mol. The Balaban J connectivity index is 1.51. The van der Waals surface area contributed by atoms with Gasteiger partial charge in [-0.25, -0.2) is 19.0 Å². The summed E-state index contributed by atoms with van der Waals surface area (Å²) in [6.45, 7) is 1.46. The Morgan fingerprint density at radius 3 is 2.39 bits per heavy atom. The topological polar surface area (TPSA) is 73.6 Å². The van der Waals surface area contributed by atoms with E-state index in [1.807, 2.05) is 13.0 Å². The van der Waals surface area contributed by atoms with Crippen LogP contribution in [0.15, 0.2) is 66.0 Å². The highest BCUT2D eigenvalue weighted by molar-refractivity contribution is 5.53. The van der Waals surface area contributed by atoms with E-state index >= 15 is 0 Å². The monoisotopic (exact) mass is 523 g/mol. The summed E-state index contributed by atoms with van der Waals surface area (Å²) in [5, 5.41) is 4.36. The van der Waals surface area contributed by atoms with Crippen molar-refractivity contribution in [3.8, 4) is 11.4 Å². The number of pyridine rings is 1. The lowest BCUT2D eigenvalue weighted by molar-refractivity contribution is -0.138. The van der Waals surface area contributed by atoms with Crippen molar-refractivity contribution in [3.05, 3.63) is 105 Å². The van der Waals surface area contributed by atoms with Gasteiger partial charge in [0.1, 0.15) is 17.8 Å². The number of nitrogens with zero attached hydrogens (tertiary/aromatic N) is 5. The molecule has 0 amide bonds. The summed E-state index contributed by atoms with van der Waals surface area (Å²) in [5.41, 5.74) is 1.22. The van der Waals surface area contributed by atoms with E-state index in [0.29, 0.717) is 42.6 Å². The average molecular weight is 524 g/mol. The van der Waals surface area contributed by atoms with Gasteiger partial charge in [0.05, 0.1) is 23.5 Å². The Kier molecular flexibility index (Phi) is 7.05. The summed E-state index contributed by atoms with van der Waals surface area (Å²) < 4.78 is 56.4. The van der Waals surface area contributed by atoms with Gasteiger partial charge in [-0.1, -0.05) is 12.1 Å². The molecule has 0 saturated heterocycles. The molecular formula is C28H25F4N5O. The molecule has 0 aliphatic heterocycles. The molecular weight excluding hydrogens is 498 g/mol. The zero-order valence-electron chi connectivity index (χ0n) is 20.6. The number of aryl methyl sites for hydroxylation is 1. The molecule has 1 aromatic carbocycles. The van der Waals surface area contributed by atoms with Crippen LogP contribution in [0.25, 0.3) is 11.4 Å². The summed E-state index contributed by atoms with van der Waals surface area (Å²) in [6, 6.07) is 10.5. The Morgan fingerprint density at radius 1 is 0.947 bits per heavy atom. The number of hydrogen-bond acceptors (Lipinski definition) is 5. The van der Waals surface area contributed by atoms with Crippen LogP contribution in [0, 0.1) is 12.7 Å². The van der Waals surface area contributed by atoms with Gasteiger partial charge in [0.2, 0.25) is 0 Å². The summed E-state index contributed by atoms with van der Waals surface area (Å²) in [5.74, 6) is -0.325. The molecule has 38 heavy (non-hydrogen) atoms. The van der Waals surface area contributed by atoms with Crippen molar-refractivity contribution in [3.63, 3.8) is 0 Å². The van der Waals surface area contributed by atoms with Crippen LogP contribution in [-0.2, 0) is 12.7 Å². The summed E-state index contributed by atoms with van der Waals surface area (Å²) in [4.78, 5) is 25.6. The van der Waals surface area contributed by atoms with Gasteiger partial charge in [0.15, 0.2) is 0 Å². The molecule has 10 heteroatoms. The van der Waals surface area contributed by atoms with Crippen molar-refractivity contribution in [2.24, 2.45) is 0 Å². The lowest BCUT2D eigenvalue weighted by atomic mass is 9.75. The van der Waals surface area contributed by atoms with E-state index in [1.165, 1.54) is 30.9 Å². The van der Waals surface area contributed by atoms with Gasteiger partial charge < -0.3 is 0 Å². The number of aromatic nitrogens is 5. The Labute approximate surface area is 216 Å². The Bertz CT molecular complexity index is 1480. The van der Waals surface area contributed by atoms with E-state index in [2.05, 4.69) is 20.1 Å². The molecule has 0 unspecified atom stereocenters. The van der Waals surface area contributed by atoms with Crippen LogP contribution >= 0.6 is 0 Å². The second kappa shape index (κ2) is 10.4. The zero-order chi connectivity index (χ0) is 26.9. The van der Waals surface area contributed by atoms with Gasteiger partial charge in [-0.05, 0) is 85.9 Å². The second-order valence-electron chi connectivity index (χ2n) is 9.56. The van der Waals surface area contributed by atoms with Gasteiger partial charge in [0.25, 0.3) is 5.56 Å². The molecule has 0 atom stereocenters. The highest BCUT2D eigenvalue weighted by Crippen LogP contribution is 2.41. The first-order valence-electron chi connectivity index (χ1n) is 12.4. The smallest absolute Gasteiger partial charge is 0.267 e. The van der Waals surface area contributed by atoms with Crippen molar-refractivity contribution in [1.82, 2.24) is 24.7 Å². The molecule has 1 fully saturated rings. The molecule has 5 rings (SSSR count). The van der Waals surface area contributed by atoms with Gasteiger partial charge in [-0.15, -0.1) is 0 Å². The first kappa shape index (κ1) is 25.7.